The molecule has 2 aromatic carbocycles. The number of nitrogens with zero attached hydrogens (tertiary/aromatic N) is 2. The van der Waals surface area contributed by atoms with Gasteiger partial charge in [-0.1, -0.05) is 42.1 Å². The number of hydrogen-bond donors (Lipinski definition) is 4. The van der Waals surface area contributed by atoms with E-state index in [0.717, 1.165) is 5.69 Å². The van der Waals surface area contributed by atoms with Crippen molar-refractivity contribution in [2.45, 2.75) is 0 Å². The average molecular weight is 384 g/mol. The van der Waals surface area contributed by atoms with E-state index in [1.165, 1.54) is 11.8 Å². The summed E-state index contributed by atoms with van der Waals surface area (Å²) in [5, 5.41) is 14.8. The van der Waals surface area contributed by atoms with Gasteiger partial charge in [-0.05, 0) is 42.7 Å². The predicted molar refractivity (Wildman–Crippen MR) is 109 cm³/mol. The van der Waals surface area contributed by atoms with Crippen LogP contribution < -0.4 is 21.5 Å². The second-order valence-corrected chi connectivity index (χ2v) is 5.98. The van der Waals surface area contributed by atoms with Gasteiger partial charge >= 0.3 is 0 Å². The molecule has 0 saturated carbocycles. The van der Waals surface area contributed by atoms with Gasteiger partial charge in [0.15, 0.2) is 16.5 Å². The Kier molecular flexibility index (Phi) is 7.42. The normalized spacial score (nSPS) is 10.4. The van der Waals surface area contributed by atoms with E-state index in [-0.39, 0.29) is 5.11 Å². The minimum Gasteiger partial charge on any atom is -0.331 e. The van der Waals surface area contributed by atoms with Crippen LogP contribution in [0.1, 0.15) is 10.4 Å². The molecule has 4 N–H and O–H groups in total. The van der Waals surface area contributed by atoms with E-state index in [2.05, 4.69) is 26.5 Å². The van der Waals surface area contributed by atoms with Gasteiger partial charge in [0.2, 0.25) is 0 Å². The first-order chi connectivity index (χ1) is 12.6. The maximum atomic E-state index is 12.4. The number of hydrazine groups is 1. The van der Waals surface area contributed by atoms with Crippen molar-refractivity contribution >= 4 is 51.5 Å². The van der Waals surface area contributed by atoms with Gasteiger partial charge in [-0.3, -0.25) is 21.0 Å². The van der Waals surface area contributed by atoms with Crippen LogP contribution in [0.15, 0.2) is 59.6 Å². The molecule has 0 unspecified atom stereocenters. The summed E-state index contributed by atoms with van der Waals surface area (Å²) in [6, 6.07) is 16.1. The third-order valence-corrected chi connectivity index (χ3v) is 3.83. The van der Waals surface area contributed by atoms with Crippen molar-refractivity contribution in [3.05, 3.63) is 60.2 Å². The van der Waals surface area contributed by atoms with E-state index in [1.807, 2.05) is 36.5 Å². The molecule has 0 aliphatic heterocycles. The third kappa shape index (κ3) is 5.77. The fourth-order valence-corrected chi connectivity index (χ4v) is 2.42. The quantitative estimate of drug-likeness (QED) is 0.161. The molecule has 9 heteroatoms. The number of carbonyl (C=O) groups excluding carboxylic acids is 1. The van der Waals surface area contributed by atoms with Crippen molar-refractivity contribution in [1.82, 2.24) is 16.2 Å². The molecule has 0 aliphatic carbocycles. The molecule has 2 aromatic rings. The molecule has 0 heterocycles. The number of carbonyl (C=O) groups is 1. The Bertz CT molecular complexity index is 848. The summed E-state index contributed by atoms with van der Waals surface area (Å²) in [5.74, 6) is -0.404. The van der Waals surface area contributed by atoms with Crippen LogP contribution in [0.2, 0.25) is 0 Å². The number of para-hydroxylation sites is 2. The molecule has 0 saturated heterocycles. The Morgan fingerprint density at radius 3 is 2.50 bits per heavy atom. The molecule has 0 aromatic heterocycles. The number of aliphatic imine (C=N–C) groups is 1. The van der Waals surface area contributed by atoms with Crippen LogP contribution in [-0.4, -0.2) is 22.4 Å². The van der Waals surface area contributed by atoms with Crippen molar-refractivity contribution in [2.24, 2.45) is 4.99 Å². The lowest BCUT2D eigenvalue weighted by Gasteiger charge is -2.12. The van der Waals surface area contributed by atoms with Gasteiger partial charge in [-0.2, -0.15) is 5.26 Å². The molecule has 0 atom stereocenters. The van der Waals surface area contributed by atoms with Gasteiger partial charge in [0.05, 0.1) is 11.3 Å². The first-order valence-corrected chi connectivity index (χ1v) is 9.06. The summed E-state index contributed by atoms with van der Waals surface area (Å²) in [7, 11) is 0. The van der Waals surface area contributed by atoms with Crippen molar-refractivity contribution in [3.63, 3.8) is 0 Å². The molecule has 0 fully saturated rings. The minimum absolute atomic E-state index is 0.251. The molecule has 26 heavy (non-hydrogen) atoms. The minimum atomic E-state index is -0.404. The molecule has 2 rings (SSSR count). The average Bonchev–Trinajstić information content (AvgIpc) is 2.67. The lowest BCUT2D eigenvalue weighted by Crippen LogP contribution is -2.43. The predicted octanol–water partition coefficient (Wildman–Crippen LogP) is 2.74. The third-order valence-electron chi connectivity index (χ3n) is 3.05. The van der Waals surface area contributed by atoms with Gasteiger partial charge in [-0.25, -0.2) is 4.99 Å². The number of amides is 1. The highest BCUT2D eigenvalue weighted by atomic mass is 32.2. The number of nitriles is 1. The van der Waals surface area contributed by atoms with E-state index in [0.29, 0.717) is 16.4 Å². The summed E-state index contributed by atoms with van der Waals surface area (Å²) in [5.41, 5.74) is 6.75. The summed E-state index contributed by atoms with van der Waals surface area (Å²) in [6.45, 7) is 0. The summed E-state index contributed by atoms with van der Waals surface area (Å²) >= 11 is 6.41. The first-order valence-electron chi connectivity index (χ1n) is 7.43. The highest BCUT2D eigenvalue weighted by Crippen LogP contribution is 2.19. The number of amidine groups is 1. The van der Waals surface area contributed by atoms with E-state index in [1.54, 1.807) is 30.5 Å². The lowest BCUT2D eigenvalue weighted by molar-refractivity contribution is 0.0945. The number of nitrogens with one attached hydrogen (secondary N) is 4. The zero-order chi connectivity index (χ0) is 18.8. The molecular weight excluding hydrogens is 368 g/mol. The van der Waals surface area contributed by atoms with Crippen LogP contribution >= 0.6 is 24.0 Å². The molecule has 0 aliphatic rings. The summed E-state index contributed by atoms with van der Waals surface area (Å²) in [6.07, 6.45) is 3.59. The number of anilines is 1. The topological polar surface area (TPSA) is 101 Å². The number of thiocarbonyl (C=S) groups is 1. The van der Waals surface area contributed by atoms with Gasteiger partial charge in [0.25, 0.3) is 5.91 Å². The SMILES string of the molecule is CSC(=Nc1ccccc1C(=O)NNC(=S)Nc1ccccc1)NC#N. The van der Waals surface area contributed by atoms with E-state index in [4.69, 9.17) is 17.5 Å². The Balaban J connectivity index is 2.03. The van der Waals surface area contributed by atoms with E-state index >= 15 is 0 Å². The molecular formula is C17H16N6OS2. The molecule has 0 radical (unpaired) electrons. The molecule has 132 valence electrons. The summed E-state index contributed by atoms with van der Waals surface area (Å²) < 4.78 is 0. The zero-order valence-electron chi connectivity index (χ0n) is 13.8. The molecule has 7 nitrogen and oxygen atoms in total. The van der Waals surface area contributed by atoms with Crippen LogP contribution in [0.5, 0.6) is 0 Å². The fourth-order valence-electron chi connectivity index (χ4n) is 1.91. The Hall–Kier alpha value is -3.09. The number of hydrogen-bond acceptors (Lipinski definition) is 5. The standard InChI is InChI=1S/C17H16N6OS2/c1-26-17(19-11-18)21-14-10-6-5-9-13(14)15(24)22-23-16(25)20-12-7-3-2-4-8-12/h2-10H,1H3,(H,19,21)(H,22,24)(H2,20,23,25). The Labute approximate surface area is 160 Å². The van der Waals surface area contributed by atoms with Crippen LogP contribution in [0.3, 0.4) is 0 Å². The smallest absolute Gasteiger partial charge is 0.271 e. The highest BCUT2D eigenvalue weighted by Gasteiger charge is 2.11. The second kappa shape index (κ2) is 10.0. The van der Waals surface area contributed by atoms with Gasteiger partial charge in [0.1, 0.15) is 0 Å². The molecule has 1 amide bonds. The van der Waals surface area contributed by atoms with Crippen LogP contribution in [0.25, 0.3) is 0 Å². The lowest BCUT2D eigenvalue weighted by atomic mass is 10.2. The molecule has 0 bridgehead atoms. The number of thioether (sulfide) groups is 1. The maximum Gasteiger partial charge on any atom is 0.271 e. The van der Waals surface area contributed by atoms with Crippen LogP contribution in [-0.2, 0) is 0 Å². The fraction of sp³-hybridized carbons (Fsp3) is 0.0588. The van der Waals surface area contributed by atoms with Gasteiger partial charge in [-0.15, -0.1) is 0 Å². The summed E-state index contributed by atoms with van der Waals surface area (Å²) in [4.78, 5) is 16.7. The Morgan fingerprint density at radius 2 is 1.81 bits per heavy atom. The number of rotatable bonds is 3. The number of benzene rings is 2. The Morgan fingerprint density at radius 1 is 1.12 bits per heavy atom. The highest BCUT2D eigenvalue weighted by molar-refractivity contribution is 8.13. The maximum absolute atomic E-state index is 12.4. The van der Waals surface area contributed by atoms with E-state index < -0.39 is 5.91 Å². The monoisotopic (exact) mass is 384 g/mol. The van der Waals surface area contributed by atoms with Crippen molar-refractivity contribution in [2.75, 3.05) is 11.6 Å². The largest absolute Gasteiger partial charge is 0.331 e. The van der Waals surface area contributed by atoms with Crippen molar-refractivity contribution in [3.8, 4) is 6.19 Å². The van der Waals surface area contributed by atoms with Gasteiger partial charge in [0, 0.05) is 5.69 Å². The zero-order valence-corrected chi connectivity index (χ0v) is 15.4. The van der Waals surface area contributed by atoms with Gasteiger partial charge < -0.3 is 5.32 Å². The van der Waals surface area contributed by atoms with Crippen LogP contribution in [0.4, 0.5) is 11.4 Å². The molecule has 0 spiro atoms. The first kappa shape index (κ1) is 19.2. The van der Waals surface area contributed by atoms with E-state index in [9.17, 15) is 4.79 Å². The van der Waals surface area contributed by atoms with Crippen molar-refractivity contribution in [1.29, 1.82) is 5.26 Å². The van der Waals surface area contributed by atoms with Crippen molar-refractivity contribution < 1.29 is 4.79 Å². The second-order valence-electron chi connectivity index (χ2n) is 4.77. The van der Waals surface area contributed by atoms with Crippen LogP contribution in [0, 0.1) is 11.5 Å².